The van der Waals surface area contributed by atoms with E-state index in [4.69, 9.17) is 9.52 Å². The van der Waals surface area contributed by atoms with Crippen LogP contribution in [-0.4, -0.2) is 16.6 Å². The fourth-order valence-corrected chi connectivity index (χ4v) is 1.85. The van der Waals surface area contributed by atoms with Crippen molar-refractivity contribution in [3.63, 3.8) is 0 Å². The van der Waals surface area contributed by atoms with Crippen LogP contribution in [-0.2, 0) is 19.7 Å². The highest BCUT2D eigenvalue weighted by molar-refractivity contribution is 5.24. The number of furan rings is 1. The summed E-state index contributed by atoms with van der Waals surface area (Å²) in [6.07, 6.45) is 1.18. The van der Waals surface area contributed by atoms with Gasteiger partial charge in [-0.05, 0) is 19.0 Å². The van der Waals surface area contributed by atoms with E-state index in [2.05, 4.69) is 11.8 Å². The lowest BCUT2D eigenvalue weighted by Crippen LogP contribution is -2.17. The molecule has 0 unspecified atom stereocenters. The molecule has 2 rings (SSSR count). The molecular formula is C10H15NO2. The fraction of sp³-hybridized carbons (Fsp3) is 0.600. The quantitative estimate of drug-likeness (QED) is 0.767. The van der Waals surface area contributed by atoms with E-state index >= 15 is 0 Å². The zero-order valence-corrected chi connectivity index (χ0v) is 7.92. The van der Waals surface area contributed by atoms with Gasteiger partial charge in [0, 0.05) is 12.1 Å². The van der Waals surface area contributed by atoms with Crippen molar-refractivity contribution in [1.82, 2.24) is 4.90 Å². The Hall–Kier alpha value is -0.800. The molecule has 0 radical (unpaired) electrons. The Morgan fingerprint density at radius 1 is 1.54 bits per heavy atom. The summed E-state index contributed by atoms with van der Waals surface area (Å²) in [5.74, 6) is 1.73. The summed E-state index contributed by atoms with van der Waals surface area (Å²) in [5.41, 5.74) is 1.25. The lowest BCUT2D eigenvalue weighted by atomic mass is 10.3. The van der Waals surface area contributed by atoms with E-state index in [1.54, 1.807) is 0 Å². The highest BCUT2D eigenvalue weighted by Crippen LogP contribution is 2.26. The van der Waals surface area contributed by atoms with Crippen LogP contribution in [0, 0.1) is 0 Å². The van der Waals surface area contributed by atoms with Gasteiger partial charge in [-0.25, -0.2) is 0 Å². The third-order valence-corrected chi connectivity index (χ3v) is 2.40. The van der Waals surface area contributed by atoms with E-state index in [0.29, 0.717) is 5.76 Å². The Kier molecular flexibility index (Phi) is 2.38. The molecule has 0 fully saturated rings. The first-order valence-electron chi connectivity index (χ1n) is 4.77. The van der Waals surface area contributed by atoms with Crippen molar-refractivity contribution in [2.75, 3.05) is 6.54 Å². The number of aliphatic hydroxyl groups excluding tert-OH is 1. The summed E-state index contributed by atoms with van der Waals surface area (Å²) >= 11 is 0. The van der Waals surface area contributed by atoms with Gasteiger partial charge in [-0.15, -0.1) is 0 Å². The monoisotopic (exact) mass is 181 g/mol. The number of rotatable bonds is 3. The Morgan fingerprint density at radius 2 is 2.38 bits per heavy atom. The summed E-state index contributed by atoms with van der Waals surface area (Å²) < 4.78 is 5.46. The number of fused-ring (bicyclic) bond motifs is 1. The molecule has 0 saturated heterocycles. The Labute approximate surface area is 78.0 Å². The van der Waals surface area contributed by atoms with Gasteiger partial charge in [-0.2, -0.15) is 0 Å². The van der Waals surface area contributed by atoms with Crippen LogP contribution in [0.3, 0.4) is 0 Å². The first-order chi connectivity index (χ1) is 6.33. The van der Waals surface area contributed by atoms with Gasteiger partial charge in [0.15, 0.2) is 0 Å². The number of nitrogens with zero attached hydrogens (tertiary/aromatic N) is 1. The lowest BCUT2D eigenvalue weighted by Gasteiger charge is -2.12. The molecule has 0 amide bonds. The van der Waals surface area contributed by atoms with E-state index in [0.717, 1.165) is 25.4 Å². The Balaban J connectivity index is 2.06. The van der Waals surface area contributed by atoms with E-state index in [9.17, 15) is 0 Å². The maximum absolute atomic E-state index is 8.86. The molecule has 3 nitrogen and oxygen atoms in total. The second-order valence-electron chi connectivity index (χ2n) is 3.53. The molecule has 1 aliphatic heterocycles. The molecule has 1 aromatic heterocycles. The molecule has 2 heterocycles. The van der Waals surface area contributed by atoms with E-state index < -0.39 is 0 Å². The minimum absolute atomic E-state index is 0.0147. The van der Waals surface area contributed by atoms with Crippen molar-refractivity contribution in [3.05, 3.63) is 23.2 Å². The molecule has 0 aromatic carbocycles. The van der Waals surface area contributed by atoms with Crippen LogP contribution in [0.1, 0.15) is 30.4 Å². The Morgan fingerprint density at radius 3 is 3.00 bits per heavy atom. The summed E-state index contributed by atoms with van der Waals surface area (Å²) in [4.78, 5) is 2.36. The third-order valence-electron chi connectivity index (χ3n) is 2.40. The number of hydrogen-bond acceptors (Lipinski definition) is 3. The summed E-state index contributed by atoms with van der Waals surface area (Å²) in [7, 11) is 0. The van der Waals surface area contributed by atoms with Crippen molar-refractivity contribution in [2.24, 2.45) is 0 Å². The first-order valence-corrected chi connectivity index (χ1v) is 4.77. The molecule has 0 atom stereocenters. The molecule has 1 aliphatic rings. The highest BCUT2D eigenvalue weighted by Gasteiger charge is 2.22. The largest absolute Gasteiger partial charge is 0.462 e. The molecular weight excluding hydrogens is 166 g/mol. The second kappa shape index (κ2) is 3.52. The molecule has 3 heteroatoms. The Bertz CT molecular complexity index is 270. The van der Waals surface area contributed by atoms with Crippen molar-refractivity contribution in [3.8, 4) is 0 Å². The summed E-state index contributed by atoms with van der Waals surface area (Å²) in [6.45, 7) is 5.20. The molecule has 13 heavy (non-hydrogen) atoms. The van der Waals surface area contributed by atoms with Crippen LogP contribution in [0.25, 0.3) is 0 Å². The van der Waals surface area contributed by atoms with E-state index in [1.807, 2.05) is 6.07 Å². The van der Waals surface area contributed by atoms with Gasteiger partial charge in [-0.3, -0.25) is 4.90 Å². The van der Waals surface area contributed by atoms with Crippen molar-refractivity contribution in [2.45, 2.75) is 33.0 Å². The summed E-state index contributed by atoms with van der Waals surface area (Å²) in [6, 6.07) is 1.96. The minimum Gasteiger partial charge on any atom is -0.462 e. The molecule has 1 N–H and O–H groups in total. The van der Waals surface area contributed by atoms with Crippen LogP contribution < -0.4 is 0 Å². The molecule has 0 spiro atoms. The van der Waals surface area contributed by atoms with E-state index in [-0.39, 0.29) is 6.61 Å². The molecule has 0 bridgehead atoms. The fourth-order valence-electron chi connectivity index (χ4n) is 1.85. The zero-order chi connectivity index (χ0) is 9.26. The maximum Gasteiger partial charge on any atom is 0.129 e. The van der Waals surface area contributed by atoms with Gasteiger partial charge in [0.05, 0.1) is 6.54 Å². The van der Waals surface area contributed by atoms with Crippen LogP contribution in [0.5, 0.6) is 0 Å². The van der Waals surface area contributed by atoms with Crippen LogP contribution in [0.4, 0.5) is 0 Å². The topological polar surface area (TPSA) is 36.6 Å². The van der Waals surface area contributed by atoms with Gasteiger partial charge in [0.2, 0.25) is 0 Å². The predicted molar refractivity (Wildman–Crippen MR) is 49.0 cm³/mol. The normalized spacial score (nSPS) is 16.5. The summed E-state index contributed by atoms with van der Waals surface area (Å²) in [5, 5.41) is 8.86. The predicted octanol–water partition coefficient (Wildman–Crippen LogP) is 1.50. The lowest BCUT2D eigenvalue weighted by molar-refractivity contribution is 0.229. The average Bonchev–Trinajstić information content (AvgIpc) is 2.61. The zero-order valence-electron chi connectivity index (χ0n) is 7.92. The van der Waals surface area contributed by atoms with E-state index in [1.165, 1.54) is 12.0 Å². The number of hydrogen-bond donors (Lipinski definition) is 1. The SMILES string of the molecule is CCCN1Cc2cc(CO)oc2C1. The standard InChI is InChI=1S/C10H15NO2/c1-2-3-11-5-8-4-9(7-12)13-10(8)6-11/h4,12H,2-3,5-7H2,1H3. The van der Waals surface area contributed by atoms with Crippen LogP contribution in [0.15, 0.2) is 10.5 Å². The highest BCUT2D eigenvalue weighted by atomic mass is 16.4. The smallest absolute Gasteiger partial charge is 0.129 e. The molecule has 72 valence electrons. The molecule has 0 aliphatic carbocycles. The van der Waals surface area contributed by atoms with Gasteiger partial charge >= 0.3 is 0 Å². The van der Waals surface area contributed by atoms with Gasteiger partial charge in [0.1, 0.15) is 18.1 Å². The van der Waals surface area contributed by atoms with Gasteiger partial charge in [-0.1, -0.05) is 6.92 Å². The van der Waals surface area contributed by atoms with Gasteiger partial charge < -0.3 is 9.52 Å². The number of aliphatic hydroxyl groups is 1. The molecule has 1 aromatic rings. The van der Waals surface area contributed by atoms with Crippen LogP contribution >= 0.6 is 0 Å². The van der Waals surface area contributed by atoms with Crippen molar-refractivity contribution < 1.29 is 9.52 Å². The van der Waals surface area contributed by atoms with Gasteiger partial charge in [0.25, 0.3) is 0 Å². The second-order valence-corrected chi connectivity index (χ2v) is 3.53. The average molecular weight is 181 g/mol. The van der Waals surface area contributed by atoms with Crippen molar-refractivity contribution >= 4 is 0 Å². The van der Waals surface area contributed by atoms with Crippen molar-refractivity contribution in [1.29, 1.82) is 0 Å². The van der Waals surface area contributed by atoms with Crippen LogP contribution in [0.2, 0.25) is 0 Å². The molecule has 0 saturated carbocycles. The maximum atomic E-state index is 8.86. The first kappa shape index (κ1) is 8.78. The minimum atomic E-state index is 0.0147. The third kappa shape index (κ3) is 1.62.